The van der Waals surface area contributed by atoms with Crippen LogP contribution in [0.1, 0.15) is 12.0 Å². The lowest BCUT2D eigenvalue weighted by atomic mass is 10.2. The lowest BCUT2D eigenvalue weighted by molar-refractivity contribution is -0.145. The summed E-state index contributed by atoms with van der Waals surface area (Å²) in [6.45, 7) is 0.118. The Hall–Kier alpha value is -2.56. The highest BCUT2D eigenvalue weighted by Crippen LogP contribution is 2.13. The minimum atomic E-state index is -0.436. The van der Waals surface area contributed by atoms with Gasteiger partial charge in [-0.3, -0.25) is 4.79 Å². The molecule has 0 aliphatic carbocycles. The lowest BCUT2D eigenvalue weighted by Crippen LogP contribution is -2.10. The van der Waals surface area contributed by atoms with Gasteiger partial charge in [0.25, 0.3) is 0 Å². The standard InChI is InChI=1S/C16H16FNO3/c17-15-4-2-1-3-12(15)11-21-16(19)9-10-20-14-7-5-13(18)6-8-14/h1-8H,9-11,18H2. The molecule has 0 saturated carbocycles. The normalized spacial score (nSPS) is 10.1. The number of nitrogen functional groups attached to an aromatic ring is 1. The maximum atomic E-state index is 13.3. The van der Waals surface area contributed by atoms with Gasteiger partial charge in [0.05, 0.1) is 13.0 Å². The number of ether oxygens (including phenoxy) is 2. The number of halogens is 1. The highest BCUT2D eigenvalue weighted by atomic mass is 19.1. The van der Waals surface area contributed by atoms with Gasteiger partial charge >= 0.3 is 5.97 Å². The van der Waals surface area contributed by atoms with Crippen LogP contribution in [0.5, 0.6) is 5.75 Å². The number of hydrogen-bond acceptors (Lipinski definition) is 4. The van der Waals surface area contributed by atoms with E-state index in [2.05, 4.69) is 0 Å². The van der Waals surface area contributed by atoms with Crippen LogP contribution < -0.4 is 10.5 Å². The van der Waals surface area contributed by atoms with Gasteiger partial charge in [0.15, 0.2) is 0 Å². The Balaban J connectivity index is 1.70. The second kappa shape index (κ2) is 7.28. The van der Waals surface area contributed by atoms with E-state index in [0.29, 0.717) is 17.0 Å². The number of hydrogen-bond donors (Lipinski definition) is 1. The number of anilines is 1. The number of carbonyl (C=O) groups excluding carboxylic acids is 1. The maximum Gasteiger partial charge on any atom is 0.309 e. The molecule has 0 aliphatic rings. The molecule has 0 radical (unpaired) electrons. The zero-order valence-electron chi connectivity index (χ0n) is 11.4. The van der Waals surface area contributed by atoms with Gasteiger partial charge in [-0.2, -0.15) is 0 Å². The van der Waals surface area contributed by atoms with Gasteiger partial charge in [0.2, 0.25) is 0 Å². The smallest absolute Gasteiger partial charge is 0.309 e. The van der Waals surface area contributed by atoms with Gasteiger partial charge in [-0.15, -0.1) is 0 Å². The molecule has 2 rings (SSSR count). The maximum absolute atomic E-state index is 13.3. The third kappa shape index (κ3) is 4.80. The molecule has 0 atom stereocenters. The summed E-state index contributed by atoms with van der Waals surface area (Å²) >= 11 is 0. The van der Waals surface area contributed by atoms with Gasteiger partial charge < -0.3 is 15.2 Å². The van der Waals surface area contributed by atoms with E-state index < -0.39 is 5.97 Å². The van der Waals surface area contributed by atoms with E-state index in [0.717, 1.165) is 0 Å². The largest absolute Gasteiger partial charge is 0.493 e. The zero-order chi connectivity index (χ0) is 15.1. The molecule has 0 aromatic heterocycles. The number of rotatable bonds is 6. The minimum Gasteiger partial charge on any atom is -0.493 e. The highest BCUT2D eigenvalue weighted by Gasteiger charge is 2.06. The highest BCUT2D eigenvalue weighted by molar-refractivity contribution is 5.69. The third-order valence-electron chi connectivity index (χ3n) is 2.80. The average molecular weight is 289 g/mol. The molecular formula is C16H16FNO3. The molecule has 0 spiro atoms. The molecule has 0 bridgehead atoms. The van der Waals surface area contributed by atoms with Crippen molar-refractivity contribution in [2.45, 2.75) is 13.0 Å². The number of carbonyl (C=O) groups is 1. The fourth-order valence-corrected chi connectivity index (χ4v) is 1.66. The summed E-state index contributed by atoms with van der Waals surface area (Å²) in [5.41, 5.74) is 6.55. The Morgan fingerprint density at radius 3 is 2.52 bits per heavy atom. The van der Waals surface area contributed by atoms with Crippen LogP contribution in [0.3, 0.4) is 0 Å². The fraction of sp³-hybridized carbons (Fsp3) is 0.188. The summed E-state index contributed by atoms with van der Waals surface area (Å²) in [6, 6.07) is 13.1. The van der Waals surface area contributed by atoms with Crippen molar-refractivity contribution in [3.05, 3.63) is 59.9 Å². The first-order valence-electron chi connectivity index (χ1n) is 6.52. The Kier molecular flexibility index (Phi) is 5.15. The third-order valence-corrected chi connectivity index (χ3v) is 2.80. The van der Waals surface area contributed by atoms with Crippen LogP contribution in [0.15, 0.2) is 48.5 Å². The molecule has 0 unspecified atom stereocenters. The molecule has 0 saturated heterocycles. The molecule has 0 fully saturated rings. The summed E-state index contributed by atoms with van der Waals surface area (Å²) < 4.78 is 23.7. The van der Waals surface area contributed by atoms with Gasteiger partial charge in [0, 0.05) is 11.3 Å². The number of esters is 1. The molecular weight excluding hydrogens is 273 g/mol. The summed E-state index contributed by atoms with van der Waals surface area (Å²) in [5.74, 6) is -0.191. The molecule has 0 aliphatic heterocycles. The van der Waals surface area contributed by atoms with Crippen LogP contribution in [-0.4, -0.2) is 12.6 Å². The van der Waals surface area contributed by atoms with Gasteiger partial charge in [-0.25, -0.2) is 4.39 Å². The Morgan fingerprint density at radius 1 is 1.10 bits per heavy atom. The zero-order valence-corrected chi connectivity index (χ0v) is 11.4. The molecule has 0 heterocycles. The van der Waals surface area contributed by atoms with E-state index >= 15 is 0 Å². The van der Waals surface area contributed by atoms with Crippen molar-refractivity contribution in [3.63, 3.8) is 0 Å². The molecule has 21 heavy (non-hydrogen) atoms. The van der Waals surface area contributed by atoms with E-state index in [1.807, 2.05) is 0 Å². The predicted molar refractivity (Wildman–Crippen MR) is 77.2 cm³/mol. The van der Waals surface area contributed by atoms with Crippen molar-refractivity contribution < 1.29 is 18.7 Å². The summed E-state index contributed by atoms with van der Waals surface area (Å²) in [5, 5.41) is 0. The van der Waals surface area contributed by atoms with Crippen LogP contribution in [0.25, 0.3) is 0 Å². The average Bonchev–Trinajstić information content (AvgIpc) is 2.48. The second-order valence-corrected chi connectivity index (χ2v) is 4.42. The first-order valence-corrected chi connectivity index (χ1v) is 6.52. The van der Waals surface area contributed by atoms with Crippen molar-refractivity contribution in [2.24, 2.45) is 0 Å². The number of nitrogens with two attached hydrogens (primary N) is 1. The Labute approximate surface area is 122 Å². The van der Waals surface area contributed by atoms with Gasteiger partial charge in [-0.05, 0) is 30.3 Å². The summed E-state index contributed by atoms with van der Waals surface area (Å²) in [6.07, 6.45) is 0.0961. The van der Waals surface area contributed by atoms with Crippen LogP contribution >= 0.6 is 0 Å². The first-order chi connectivity index (χ1) is 10.1. The van der Waals surface area contributed by atoms with E-state index in [1.54, 1.807) is 42.5 Å². The van der Waals surface area contributed by atoms with Crippen molar-refractivity contribution in [2.75, 3.05) is 12.3 Å². The minimum absolute atomic E-state index is 0.0760. The monoisotopic (exact) mass is 289 g/mol. The number of benzene rings is 2. The molecule has 2 N–H and O–H groups in total. The topological polar surface area (TPSA) is 61.5 Å². The lowest BCUT2D eigenvalue weighted by Gasteiger charge is -2.07. The molecule has 0 amide bonds. The van der Waals surface area contributed by atoms with Crippen LogP contribution in [0.2, 0.25) is 0 Å². The Bertz CT molecular complexity index is 599. The van der Waals surface area contributed by atoms with Crippen LogP contribution in [0.4, 0.5) is 10.1 Å². The van der Waals surface area contributed by atoms with Crippen molar-refractivity contribution in [1.82, 2.24) is 0 Å². The summed E-state index contributed by atoms with van der Waals surface area (Å²) in [4.78, 5) is 11.5. The molecule has 2 aromatic carbocycles. The van der Waals surface area contributed by atoms with E-state index in [-0.39, 0.29) is 25.5 Å². The van der Waals surface area contributed by atoms with Crippen molar-refractivity contribution in [3.8, 4) is 5.75 Å². The molecule has 4 nitrogen and oxygen atoms in total. The molecule has 110 valence electrons. The van der Waals surface area contributed by atoms with E-state index in [4.69, 9.17) is 15.2 Å². The Morgan fingerprint density at radius 2 is 1.81 bits per heavy atom. The summed E-state index contributed by atoms with van der Waals surface area (Å²) in [7, 11) is 0. The van der Waals surface area contributed by atoms with Gasteiger partial charge in [-0.1, -0.05) is 18.2 Å². The molecule has 5 heteroatoms. The second-order valence-electron chi connectivity index (χ2n) is 4.42. The van der Waals surface area contributed by atoms with Crippen LogP contribution in [-0.2, 0) is 16.1 Å². The SMILES string of the molecule is Nc1ccc(OCCC(=O)OCc2ccccc2F)cc1. The van der Waals surface area contributed by atoms with Crippen molar-refractivity contribution in [1.29, 1.82) is 0 Å². The van der Waals surface area contributed by atoms with E-state index in [9.17, 15) is 9.18 Å². The van der Waals surface area contributed by atoms with Crippen LogP contribution in [0, 0.1) is 5.82 Å². The fourth-order valence-electron chi connectivity index (χ4n) is 1.66. The first kappa shape index (κ1) is 14.8. The van der Waals surface area contributed by atoms with E-state index in [1.165, 1.54) is 6.07 Å². The van der Waals surface area contributed by atoms with Crippen molar-refractivity contribution >= 4 is 11.7 Å². The predicted octanol–water partition coefficient (Wildman–Crippen LogP) is 2.92. The molecule has 2 aromatic rings. The van der Waals surface area contributed by atoms with Gasteiger partial charge in [0.1, 0.15) is 18.2 Å². The quantitative estimate of drug-likeness (QED) is 0.656.